The van der Waals surface area contributed by atoms with Crippen molar-refractivity contribution in [2.24, 2.45) is 5.73 Å². The van der Waals surface area contributed by atoms with E-state index in [1.54, 1.807) is 18.2 Å². The van der Waals surface area contributed by atoms with Crippen molar-refractivity contribution in [2.45, 2.75) is 5.38 Å². The Morgan fingerprint density at radius 2 is 2.15 bits per heavy atom. The second-order valence-corrected chi connectivity index (χ2v) is 4.19. The first kappa shape index (κ1) is 10.8. The maximum atomic E-state index is 10.8. The summed E-state index contributed by atoms with van der Waals surface area (Å²) in [6.45, 7) is 0. The molecule has 1 unspecified atom stereocenters. The fraction of sp³-hybridized carbons (Fsp3) is 0.125. The van der Waals surface area contributed by atoms with Crippen molar-refractivity contribution in [3.8, 4) is 0 Å². The fourth-order valence-electron chi connectivity index (χ4n) is 0.862. The molecule has 5 heteroatoms. The summed E-state index contributed by atoms with van der Waals surface area (Å²) in [5.41, 5.74) is 5.56. The Balaban J connectivity index is 3.12. The smallest absolute Gasteiger partial charge is 0.240 e. The Morgan fingerprint density at radius 1 is 1.54 bits per heavy atom. The summed E-state index contributed by atoms with van der Waals surface area (Å²) in [4.78, 5) is 10.8. The molecule has 0 heterocycles. The summed E-state index contributed by atoms with van der Waals surface area (Å²) in [5, 5.41) is -0.452. The number of rotatable bonds is 2. The van der Waals surface area contributed by atoms with Gasteiger partial charge in [-0.25, -0.2) is 0 Å². The average Bonchev–Trinajstić information content (AvgIpc) is 2.08. The van der Waals surface area contributed by atoms with Gasteiger partial charge in [0, 0.05) is 9.50 Å². The molecule has 0 bridgehead atoms. The molecule has 0 aliphatic rings. The normalized spacial score (nSPS) is 12.5. The predicted molar refractivity (Wildman–Crippen MR) is 56.9 cm³/mol. The largest absolute Gasteiger partial charge is 0.368 e. The summed E-state index contributed by atoms with van der Waals surface area (Å²) in [6, 6.07) is 5.08. The first-order valence-corrected chi connectivity index (χ1v) is 5.01. The molecule has 0 radical (unpaired) electrons. The van der Waals surface area contributed by atoms with Gasteiger partial charge in [-0.2, -0.15) is 0 Å². The second kappa shape index (κ2) is 4.31. The number of halogens is 3. The van der Waals surface area contributed by atoms with Crippen LogP contribution in [0, 0.1) is 0 Å². The number of benzene rings is 1. The summed E-state index contributed by atoms with van der Waals surface area (Å²) in [5.74, 6) is -0.610. The number of alkyl halides is 1. The van der Waals surface area contributed by atoms with E-state index in [0.29, 0.717) is 10.6 Å². The third-order valence-corrected chi connectivity index (χ3v) is 2.77. The van der Waals surface area contributed by atoms with Crippen LogP contribution in [0.3, 0.4) is 0 Å². The van der Waals surface area contributed by atoms with Gasteiger partial charge < -0.3 is 5.73 Å². The van der Waals surface area contributed by atoms with E-state index in [9.17, 15) is 4.79 Å². The van der Waals surface area contributed by atoms with Gasteiger partial charge in [0.05, 0.1) is 0 Å². The molecule has 1 amide bonds. The van der Waals surface area contributed by atoms with Crippen molar-refractivity contribution in [1.29, 1.82) is 0 Å². The quantitative estimate of drug-likeness (QED) is 0.833. The molecular weight excluding hydrogens is 277 g/mol. The van der Waals surface area contributed by atoms with Gasteiger partial charge in [0.15, 0.2) is 0 Å². The minimum Gasteiger partial charge on any atom is -0.368 e. The molecule has 0 saturated carbocycles. The average molecular weight is 283 g/mol. The van der Waals surface area contributed by atoms with Gasteiger partial charge in [-0.05, 0) is 23.8 Å². The highest BCUT2D eigenvalue weighted by Crippen LogP contribution is 2.29. The van der Waals surface area contributed by atoms with Gasteiger partial charge in [0.1, 0.15) is 5.38 Å². The van der Waals surface area contributed by atoms with E-state index in [-0.39, 0.29) is 0 Å². The van der Waals surface area contributed by atoms with Gasteiger partial charge >= 0.3 is 0 Å². The molecule has 0 aliphatic heterocycles. The van der Waals surface area contributed by atoms with E-state index in [1.807, 2.05) is 0 Å². The minimum atomic E-state index is -0.884. The lowest BCUT2D eigenvalue weighted by atomic mass is 10.1. The third-order valence-electron chi connectivity index (χ3n) is 1.48. The van der Waals surface area contributed by atoms with Crippen molar-refractivity contribution in [2.75, 3.05) is 0 Å². The van der Waals surface area contributed by atoms with Crippen LogP contribution in [0.4, 0.5) is 0 Å². The lowest BCUT2D eigenvalue weighted by molar-refractivity contribution is -0.117. The standard InChI is InChI=1S/C8H6BrCl2NO/c9-4-1-2-6(10)5(3-4)7(11)8(12)13/h1-3,7H,(H2,12,13). The van der Waals surface area contributed by atoms with E-state index >= 15 is 0 Å². The maximum Gasteiger partial charge on any atom is 0.240 e. The molecule has 1 atom stereocenters. The van der Waals surface area contributed by atoms with Gasteiger partial charge in [0.2, 0.25) is 5.91 Å². The van der Waals surface area contributed by atoms with Crippen LogP contribution in [0.15, 0.2) is 22.7 Å². The molecule has 2 N–H and O–H groups in total. The highest BCUT2D eigenvalue weighted by molar-refractivity contribution is 9.10. The number of hydrogen-bond donors (Lipinski definition) is 1. The van der Waals surface area contributed by atoms with E-state index < -0.39 is 11.3 Å². The molecule has 1 aromatic carbocycles. The molecular formula is C8H6BrCl2NO. The van der Waals surface area contributed by atoms with E-state index in [0.717, 1.165) is 4.47 Å². The Hall–Kier alpha value is -0.250. The fourth-order valence-corrected chi connectivity index (χ4v) is 1.70. The van der Waals surface area contributed by atoms with Crippen LogP contribution in [-0.4, -0.2) is 5.91 Å². The van der Waals surface area contributed by atoms with Crippen molar-refractivity contribution < 1.29 is 4.79 Å². The van der Waals surface area contributed by atoms with Gasteiger partial charge in [-0.3, -0.25) is 4.79 Å². The SMILES string of the molecule is NC(=O)C(Cl)c1cc(Br)ccc1Cl. The monoisotopic (exact) mass is 281 g/mol. The zero-order valence-electron chi connectivity index (χ0n) is 6.43. The number of carbonyl (C=O) groups excluding carboxylic acids is 1. The summed E-state index contributed by atoms with van der Waals surface area (Å²) < 4.78 is 0.804. The molecule has 2 nitrogen and oxygen atoms in total. The van der Waals surface area contributed by atoms with Crippen LogP contribution in [0.25, 0.3) is 0 Å². The first-order valence-electron chi connectivity index (χ1n) is 3.40. The molecule has 0 fully saturated rings. The van der Waals surface area contributed by atoms with Crippen LogP contribution in [0.5, 0.6) is 0 Å². The first-order chi connectivity index (χ1) is 6.02. The minimum absolute atomic E-state index is 0.432. The Kier molecular flexibility index (Phi) is 3.59. The van der Waals surface area contributed by atoms with Crippen LogP contribution >= 0.6 is 39.1 Å². The zero-order valence-corrected chi connectivity index (χ0v) is 9.53. The Labute approximate surface area is 94.1 Å². The zero-order chi connectivity index (χ0) is 10.0. The topological polar surface area (TPSA) is 43.1 Å². The summed E-state index contributed by atoms with van der Waals surface area (Å²) in [7, 11) is 0. The Morgan fingerprint density at radius 3 is 2.69 bits per heavy atom. The van der Waals surface area contributed by atoms with Crippen LogP contribution < -0.4 is 5.73 Å². The highest BCUT2D eigenvalue weighted by atomic mass is 79.9. The molecule has 0 spiro atoms. The molecule has 0 saturated heterocycles. The lowest BCUT2D eigenvalue weighted by Crippen LogP contribution is -2.17. The van der Waals surface area contributed by atoms with Gasteiger partial charge in [-0.15, -0.1) is 11.6 Å². The van der Waals surface area contributed by atoms with Crippen molar-refractivity contribution in [1.82, 2.24) is 0 Å². The van der Waals surface area contributed by atoms with Crippen molar-refractivity contribution >= 4 is 45.0 Å². The molecule has 0 aromatic heterocycles. The molecule has 70 valence electrons. The highest BCUT2D eigenvalue weighted by Gasteiger charge is 2.17. The molecule has 13 heavy (non-hydrogen) atoms. The van der Waals surface area contributed by atoms with Crippen LogP contribution in [-0.2, 0) is 4.79 Å². The van der Waals surface area contributed by atoms with Gasteiger partial charge in [0.25, 0.3) is 0 Å². The summed E-state index contributed by atoms with van der Waals surface area (Å²) in [6.07, 6.45) is 0. The van der Waals surface area contributed by atoms with Gasteiger partial charge in [-0.1, -0.05) is 27.5 Å². The number of amides is 1. The molecule has 1 aromatic rings. The van der Waals surface area contributed by atoms with Crippen LogP contribution in [0.2, 0.25) is 5.02 Å². The number of primary amides is 1. The maximum absolute atomic E-state index is 10.8. The Bertz CT molecular complexity index is 343. The van der Waals surface area contributed by atoms with E-state index in [4.69, 9.17) is 28.9 Å². The molecule has 1 rings (SSSR count). The van der Waals surface area contributed by atoms with E-state index in [2.05, 4.69) is 15.9 Å². The van der Waals surface area contributed by atoms with E-state index in [1.165, 1.54) is 0 Å². The number of nitrogens with two attached hydrogens (primary N) is 1. The van der Waals surface area contributed by atoms with Crippen molar-refractivity contribution in [3.63, 3.8) is 0 Å². The summed E-state index contributed by atoms with van der Waals surface area (Å²) >= 11 is 14.8. The van der Waals surface area contributed by atoms with Crippen LogP contribution in [0.1, 0.15) is 10.9 Å². The van der Waals surface area contributed by atoms with Crippen molar-refractivity contribution in [3.05, 3.63) is 33.3 Å². The lowest BCUT2D eigenvalue weighted by Gasteiger charge is -2.07. The predicted octanol–water partition coefficient (Wildman–Crippen LogP) is 2.87. The molecule has 0 aliphatic carbocycles. The third kappa shape index (κ3) is 2.59. The number of hydrogen-bond acceptors (Lipinski definition) is 1. The number of carbonyl (C=O) groups is 1. The second-order valence-electron chi connectivity index (χ2n) is 2.43.